The van der Waals surface area contributed by atoms with Gasteiger partial charge >= 0.3 is 0 Å². The Balaban J connectivity index is 2.03. The first kappa shape index (κ1) is 15.5. The van der Waals surface area contributed by atoms with Crippen molar-refractivity contribution in [3.63, 3.8) is 0 Å². The van der Waals surface area contributed by atoms with E-state index in [9.17, 15) is 10.1 Å². The molecule has 0 unspecified atom stereocenters. The second-order valence-electron chi connectivity index (χ2n) is 4.24. The Hall–Kier alpha value is -2.91. The number of nitriles is 1. The van der Waals surface area contributed by atoms with Crippen LogP contribution in [0.4, 0.5) is 5.69 Å². The molecule has 0 atom stereocenters. The zero-order valence-corrected chi connectivity index (χ0v) is 12.0. The van der Waals surface area contributed by atoms with Gasteiger partial charge in [0.2, 0.25) is 0 Å². The minimum Gasteiger partial charge on any atom is -0.391 e. The Morgan fingerprint density at radius 1 is 1.36 bits per heavy atom. The number of halogens is 1. The monoisotopic (exact) mass is 315 g/mol. The maximum Gasteiger partial charge on any atom is 0.288 e. The molecule has 0 aliphatic heterocycles. The molecule has 110 valence electrons. The summed E-state index contributed by atoms with van der Waals surface area (Å²) < 4.78 is 0. The number of nitro benzene ring substituents is 1. The van der Waals surface area contributed by atoms with Gasteiger partial charge in [0.05, 0.1) is 22.8 Å². The average molecular weight is 316 g/mol. The predicted octanol–water partition coefficient (Wildman–Crippen LogP) is 3.67. The molecule has 0 bridgehead atoms. The van der Waals surface area contributed by atoms with Gasteiger partial charge in [-0.1, -0.05) is 41.0 Å². The van der Waals surface area contributed by atoms with E-state index in [1.165, 1.54) is 18.3 Å². The second-order valence-corrected chi connectivity index (χ2v) is 4.65. The minimum atomic E-state index is -0.566. The highest BCUT2D eigenvalue weighted by molar-refractivity contribution is 6.32. The number of oxime groups is 1. The van der Waals surface area contributed by atoms with Gasteiger partial charge in [0.15, 0.2) is 0 Å². The molecular formula is C15H10ClN3O3. The third kappa shape index (κ3) is 3.81. The van der Waals surface area contributed by atoms with E-state index in [1.54, 1.807) is 30.3 Å². The molecule has 0 saturated heterocycles. The van der Waals surface area contributed by atoms with Gasteiger partial charge in [0.1, 0.15) is 11.6 Å². The molecule has 2 aromatic carbocycles. The number of nitro groups is 1. The number of benzene rings is 2. The zero-order chi connectivity index (χ0) is 15.9. The number of hydrogen-bond donors (Lipinski definition) is 0. The van der Waals surface area contributed by atoms with Crippen LogP contribution in [0.15, 0.2) is 47.6 Å². The maximum atomic E-state index is 10.8. The maximum absolute atomic E-state index is 10.8. The van der Waals surface area contributed by atoms with Crippen LogP contribution in [0.25, 0.3) is 0 Å². The molecule has 22 heavy (non-hydrogen) atoms. The van der Waals surface area contributed by atoms with Crippen molar-refractivity contribution < 1.29 is 9.76 Å². The number of nitrogens with zero attached hydrogens (tertiary/aromatic N) is 3. The Bertz CT molecular complexity index is 769. The second kappa shape index (κ2) is 7.20. The normalized spacial score (nSPS) is 10.4. The molecule has 0 aromatic heterocycles. The average Bonchev–Trinajstić information content (AvgIpc) is 2.53. The molecule has 0 radical (unpaired) electrons. The lowest BCUT2D eigenvalue weighted by Gasteiger charge is -2.01. The van der Waals surface area contributed by atoms with E-state index >= 15 is 0 Å². The molecule has 6 nitrogen and oxygen atoms in total. The summed E-state index contributed by atoms with van der Waals surface area (Å²) in [5.74, 6) is 0. The Labute approximate surface area is 131 Å². The molecule has 0 aliphatic rings. The first-order valence-corrected chi connectivity index (χ1v) is 6.57. The molecule has 0 spiro atoms. The number of hydrogen-bond acceptors (Lipinski definition) is 5. The van der Waals surface area contributed by atoms with Crippen molar-refractivity contribution in [1.29, 1.82) is 5.26 Å². The van der Waals surface area contributed by atoms with Crippen LogP contribution < -0.4 is 0 Å². The van der Waals surface area contributed by atoms with Crippen molar-refractivity contribution in [2.24, 2.45) is 5.16 Å². The van der Waals surface area contributed by atoms with Crippen molar-refractivity contribution in [1.82, 2.24) is 0 Å². The van der Waals surface area contributed by atoms with Crippen LogP contribution in [-0.4, -0.2) is 11.1 Å². The first-order valence-electron chi connectivity index (χ1n) is 6.19. The SMILES string of the molecule is N#Cc1ccccc1CO/N=C\c1ccc(Cl)c([N+](=O)[O-])c1. The largest absolute Gasteiger partial charge is 0.391 e. The third-order valence-corrected chi connectivity index (χ3v) is 3.12. The van der Waals surface area contributed by atoms with Crippen molar-refractivity contribution in [3.8, 4) is 6.07 Å². The van der Waals surface area contributed by atoms with Crippen LogP contribution in [0.3, 0.4) is 0 Å². The van der Waals surface area contributed by atoms with Crippen LogP contribution in [0.1, 0.15) is 16.7 Å². The topological polar surface area (TPSA) is 88.5 Å². The van der Waals surface area contributed by atoms with Gasteiger partial charge in [-0.15, -0.1) is 0 Å². The fourth-order valence-corrected chi connectivity index (χ4v) is 1.90. The molecule has 0 heterocycles. The van der Waals surface area contributed by atoms with Crippen molar-refractivity contribution in [3.05, 3.63) is 74.3 Å². The minimum absolute atomic E-state index is 0.0611. The highest BCUT2D eigenvalue weighted by Crippen LogP contribution is 2.24. The van der Waals surface area contributed by atoms with E-state index in [4.69, 9.17) is 21.7 Å². The van der Waals surface area contributed by atoms with Gasteiger partial charge in [-0.3, -0.25) is 10.1 Å². The summed E-state index contributed by atoms with van der Waals surface area (Å²) in [6.45, 7) is 0.135. The van der Waals surface area contributed by atoms with E-state index in [2.05, 4.69) is 11.2 Å². The summed E-state index contributed by atoms with van der Waals surface area (Å²) in [7, 11) is 0. The molecule has 0 N–H and O–H groups in total. The molecule has 0 fully saturated rings. The third-order valence-electron chi connectivity index (χ3n) is 2.80. The van der Waals surface area contributed by atoms with Crippen LogP contribution in [0.5, 0.6) is 0 Å². The van der Waals surface area contributed by atoms with Crippen LogP contribution in [0.2, 0.25) is 5.02 Å². The molecule has 2 rings (SSSR count). The summed E-state index contributed by atoms with van der Waals surface area (Å²) in [6, 6.07) is 13.4. The van der Waals surface area contributed by atoms with Gasteiger partial charge in [-0.2, -0.15) is 5.26 Å². The smallest absolute Gasteiger partial charge is 0.288 e. The molecule has 0 saturated carbocycles. The molecule has 0 aliphatic carbocycles. The summed E-state index contributed by atoms with van der Waals surface area (Å²) in [5, 5.41) is 23.5. The lowest BCUT2D eigenvalue weighted by atomic mass is 10.1. The molecule has 2 aromatic rings. The fraction of sp³-hybridized carbons (Fsp3) is 0.0667. The van der Waals surface area contributed by atoms with Crippen molar-refractivity contribution >= 4 is 23.5 Å². The van der Waals surface area contributed by atoms with Gasteiger partial charge < -0.3 is 4.84 Å². The van der Waals surface area contributed by atoms with Crippen LogP contribution in [-0.2, 0) is 11.4 Å². The van der Waals surface area contributed by atoms with E-state index in [1.807, 2.05) is 0 Å². The van der Waals surface area contributed by atoms with Crippen molar-refractivity contribution in [2.45, 2.75) is 6.61 Å². The van der Waals surface area contributed by atoms with E-state index in [0.717, 1.165) is 0 Å². The van der Waals surface area contributed by atoms with Crippen LogP contribution >= 0.6 is 11.6 Å². The van der Waals surface area contributed by atoms with E-state index < -0.39 is 4.92 Å². The number of rotatable bonds is 5. The molecule has 7 heteroatoms. The Morgan fingerprint density at radius 3 is 2.86 bits per heavy atom. The van der Waals surface area contributed by atoms with E-state index in [-0.39, 0.29) is 17.3 Å². The van der Waals surface area contributed by atoms with Gasteiger partial charge in [0.25, 0.3) is 5.69 Å². The summed E-state index contributed by atoms with van der Waals surface area (Å²) in [4.78, 5) is 15.3. The fourth-order valence-electron chi connectivity index (χ4n) is 1.71. The lowest BCUT2D eigenvalue weighted by molar-refractivity contribution is -0.384. The predicted molar refractivity (Wildman–Crippen MR) is 81.6 cm³/mol. The Morgan fingerprint density at radius 2 is 2.14 bits per heavy atom. The highest BCUT2D eigenvalue weighted by Gasteiger charge is 2.11. The highest BCUT2D eigenvalue weighted by atomic mass is 35.5. The van der Waals surface area contributed by atoms with Crippen molar-refractivity contribution in [2.75, 3.05) is 0 Å². The van der Waals surface area contributed by atoms with Gasteiger partial charge in [-0.05, 0) is 12.1 Å². The quantitative estimate of drug-likeness (QED) is 0.478. The van der Waals surface area contributed by atoms with Gasteiger partial charge in [0, 0.05) is 17.2 Å². The molecular weight excluding hydrogens is 306 g/mol. The summed E-state index contributed by atoms with van der Waals surface area (Å²) >= 11 is 5.72. The summed E-state index contributed by atoms with van der Waals surface area (Å²) in [6.07, 6.45) is 1.35. The summed E-state index contributed by atoms with van der Waals surface area (Å²) in [5.41, 5.74) is 1.52. The van der Waals surface area contributed by atoms with E-state index in [0.29, 0.717) is 16.7 Å². The first-order chi connectivity index (χ1) is 10.6. The standard InChI is InChI=1S/C15H10ClN3O3/c16-14-6-5-11(7-15(14)19(20)21)9-18-22-10-13-4-2-1-3-12(13)8-17/h1-7,9H,10H2/b18-9-. The van der Waals surface area contributed by atoms with Crippen LogP contribution in [0, 0.1) is 21.4 Å². The Kier molecular flexibility index (Phi) is 5.07. The lowest BCUT2D eigenvalue weighted by Crippen LogP contribution is -1.93. The zero-order valence-electron chi connectivity index (χ0n) is 11.3. The van der Waals surface area contributed by atoms with Gasteiger partial charge in [-0.25, -0.2) is 0 Å². The molecule has 0 amide bonds.